The van der Waals surface area contributed by atoms with Gasteiger partial charge in [0.2, 0.25) is 0 Å². The van der Waals surface area contributed by atoms with Gasteiger partial charge in [0.05, 0.1) is 18.8 Å². The van der Waals surface area contributed by atoms with E-state index in [0.29, 0.717) is 6.07 Å². The van der Waals surface area contributed by atoms with Crippen molar-refractivity contribution in [1.82, 2.24) is 0 Å². The molecule has 0 spiro atoms. The maximum absolute atomic E-state index is 13.2. The molecule has 0 amide bonds. The molecule has 11 heteroatoms. The number of rotatable bonds is 9. The highest BCUT2D eigenvalue weighted by atomic mass is 32.2. The van der Waals surface area contributed by atoms with Gasteiger partial charge in [-0.1, -0.05) is 19.1 Å². The fourth-order valence-corrected chi connectivity index (χ4v) is 5.27. The average molecular weight is 404 g/mol. The van der Waals surface area contributed by atoms with Crippen LogP contribution in [-0.4, -0.2) is 28.0 Å². The quantitative estimate of drug-likeness (QED) is 0.454. The zero-order chi connectivity index (χ0) is 19.3. The molecule has 1 aromatic rings. The van der Waals surface area contributed by atoms with Gasteiger partial charge in [-0.2, -0.15) is 21.6 Å². The Morgan fingerprint density at radius 2 is 1.64 bits per heavy atom. The van der Waals surface area contributed by atoms with Crippen LogP contribution in [0.1, 0.15) is 31.9 Å². The SMILES string of the molecule is CCOP(=O)(COS(=O)(=O)c1c(CC)cccc1C(F)(F)F)OCC. The topological polar surface area (TPSA) is 78.9 Å². The van der Waals surface area contributed by atoms with Crippen LogP contribution in [0.4, 0.5) is 13.2 Å². The molecule has 0 atom stereocenters. The minimum atomic E-state index is -4.89. The van der Waals surface area contributed by atoms with Crippen molar-refractivity contribution in [3.8, 4) is 0 Å². The molecular formula is C14H20F3O6PS. The Bertz CT molecular complexity index is 723. The summed E-state index contributed by atoms with van der Waals surface area (Å²) in [5.74, 6) is 0. The van der Waals surface area contributed by atoms with Crippen LogP contribution in [0.3, 0.4) is 0 Å². The molecule has 0 aliphatic heterocycles. The van der Waals surface area contributed by atoms with Gasteiger partial charge in [-0.05, 0) is 31.9 Å². The van der Waals surface area contributed by atoms with Crippen LogP contribution in [0.15, 0.2) is 23.1 Å². The van der Waals surface area contributed by atoms with Gasteiger partial charge in [0.1, 0.15) is 4.90 Å². The first-order chi connectivity index (χ1) is 11.5. The molecule has 0 aliphatic rings. The normalized spacial score (nSPS) is 13.2. The second kappa shape index (κ2) is 8.64. The number of benzene rings is 1. The number of aryl methyl sites for hydroxylation is 1. The third-order valence-corrected chi connectivity index (χ3v) is 6.38. The molecule has 0 radical (unpaired) electrons. The van der Waals surface area contributed by atoms with E-state index >= 15 is 0 Å². The van der Waals surface area contributed by atoms with E-state index in [4.69, 9.17) is 9.05 Å². The first kappa shape index (κ1) is 22.1. The summed E-state index contributed by atoms with van der Waals surface area (Å²) >= 11 is 0. The summed E-state index contributed by atoms with van der Waals surface area (Å²) in [6.07, 6.45) is -5.86. The Kier molecular flexibility index (Phi) is 7.64. The van der Waals surface area contributed by atoms with Crippen molar-refractivity contribution in [3.63, 3.8) is 0 Å². The van der Waals surface area contributed by atoms with Crippen LogP contribution < -0.4 is 0 Å². The number of halogens is 3. The van der Waals surface area contributed by atoms with Crippen molar-refractivity contribution in [2.75, 3.05) is 19.6 Å². The number of hydrogen-bond acceptors (Lipinski definition) is 6. The molecule has 0 saturated heterocycles. The van der Waals surface area contributed by atoms with Crippen molar-refractivity contribution in [2.24, 2.45) is 0 Å². The summed E-state index contributed by atoms with van der Waals surface area (Å²) in [6.45, 7) is 4.45. The molecule has 0 aromatic heterocycles. The van der Waals surface area contributed by atoms with E-state index in [0.717, 1.165) is 6.07 Å². The minimum Gasteiger partial charge on any atom is -0.307 e. The van der Waals surface area contributed by atoms with Gasteiger partial charge < -0.3 is 9.05 Å². The Hall–Kier alpha value is -0.930. The van der Waals surface area contributed by atoms with Crippen molar-refractivity contribution in [2.45, 2.75) is 38.3 Å². The summed E-state index contributed by atoms with van der Waals surface area (Å²) < 4.78 is 91.0. The molecule has 1 rings (SSSR count). The predicted molar refractivity (Wildman–Crippen MR) is 84.8 cm³/mol. The fraction of sp³-hybridized carbons (Fsp3) is 0.571. The maximum Gasteiger partial charge on any atom is 0.417 e. The van der Waals surface area contributed by atoms with E-state index in [1.54, 1.807) is 0 Å². The summed E-state index contributed by atoms with van der Waals surface area (Å²) in [7, 11) is -8.74. The molecular weight excluding hydrogens is 384 g/mol. The molecule has 0 bridgehead atoms. The van der Waals surface area contributed by atoms with Gasteiger partial charge in [0.25, 0.3) is 10.1 Å². The lowest BCUT2D eigenvalue weighted by molar-refractivity contribution is -0.140. The van der Waals surface area contributed by atoms with Crippen molar-refractivity contribution < 1.29 is 39.4 Å². The van der Waals surface area contributed by atoms with Crippen LogP contribution in [0, 0.1) is 0 Å². The van der Waals surface area contributed by atoms with Crippen molar-refractivity contribution in [3.05, 3.63) is 29.3 Å². The highest BCUT2D eigenvalue weighted by molar-refractivity contribution is 7.87. The van der Waals surface area contributed by atoms with E-state index in [2.05, 4.69) is 4.18 Å². The van der Waals surface area contributed by atoms with Gasteiger partial charge in [0, 0.05) is 0 Å². The van der Waals surface area contributed by atoms with E-state index < -0.39 is 40.7 Å². The lowest BCUT2D eigenvalue weighted by Gasteiger charge is -2.19. The Balaban J connectivity index is 3.29. The molecule has 0 aliphatic carbocycles. The average Bonchev–Trinajstić information content (AvgIpc) is 2.52. The molecule has 0 saturated carbocycles. The lowest BCUT2D eigenvalue weighted by atomic mass is 10.1. The third kappa shape index (κ3) is 5.79. The fourth-order valence-electron chi connectivity index (χ4n) is 2.08. The highest BCUT2D eigenvalue weighted by Crippen LogP contribution is 2.49. The Labute approximate surface area is 144 Å². The largest absolute Gasteiger partial charge is 0.417 e. The van der Waals surface area contributed by atoms with E-state index in [1.807, 2.05) is 0 Å². The van der Waals surface area contributed by atoms with Gasteiger partial charge in [0.15, 0.2) is 6.35 Å². The highest BCUT2D eigenvalue weighted by Gasteiger charge is 2.40. The molecule has 0 N–H and O–H groups in total. The minimum absolute atomic E-state index is 0.0381. The molecule has 25 heavy (non-hydrogen) atoms. The smallest absolute Gasteiger partial charge is 0.307 e. The Morgan fingerprint density at radius 1 is 1.08 bits per heavy atom. The first-order valence-corrected chi connectivity index (χ1v) is 10.6. The van der Waals surface area contributed by atoms with Gasteiger partial charge in [-0.15, -0.1) is 0 Å². The maximum atomic E-state index is 13.2. The molecule has 1 aromatic carbocycles. The summed E-state index contributed by atoms with van der Waals surface area (Å²) in [6, 6.07) is 3.03. The second-order valence-corrected chi connectivity index (χ2v) is 8.34. The van der Waals surface area contributed by atoms with Crippen LogP contribution in [0.5, 0.6) is 0 Å². The predicted octanol–water partition coefficient (Wildman–Crippen LogP) is 4.20. The van der Waals surface area contributed by atoms with E-state index in [-0.39, 0.29) is 25.2 Å². The molecule has 6 nitrogen and oxygen atoms in total. The van der Waals surface area contributed by atoms with E-state index in [9.17, 15) is 26.2 Å². The van der Waals surface area contributed by atoms with E-state index in [1.165, 1.54) is 26.8 Å². The molecule has 144 valence electrons. The van der Waals surface area contributed by atoms with Crippen LogP contribution in [0.25, 0.3) is 0 Å². The zero-order valence-corrected chi connectivity index (χ0v) is 15.7. The Morgan fingerprint density at radius 3 is 2.08 bits per heavy atom. The monoisotopic (exact) mass is 404 g/mol. The van der Waals surface area contributed by atoms with Crippen LogP contribution in [-0.2, 0) is 40.5 Å². The lowest BCUT2D eigenvalue weighted by Crippen LogP contribution is -2.18. The molecule has 0 fully saturated rings. The van der Waals surface area contributed by atoms with Gasteiger partial charge in [-0.3, -0.25) is 8.75 Å². The summed E-state index contributed by atoms with van der Waals surface area (Å²) in [5.41, 5.74) is -1.40. The standard InChI is InChI=1S/C14H20F3O6PS/c1-4-11-8-7-9-12(14(15,16)17)13(11)25(19,20)23-10-24(18,21-5-2)22-6-3/h7-9H,4-6,10H2,1-3H3. The van der Waals surface area contributed by atoms with Crippen molar-refractivity contribution >= 4 is 17.7 Å². The van der Waals surface area contributed by atoms with Gasteiger partial charge >= 0.3 is 13.8 Å². The molecule has 0 heterocycles. The summed E-state index contributed by atoms with van der Waals surface area (Å²) in [5, 5.41) is 0. The van der Waals surface area contributed by atoms with Crippen LogP contribution >= 0.6 is 7.60 Å². The zero-order valence-electron chi connectivity index (χ0n) is 14.0. The van der Waals surface area contributed by atoms with Gasteiger partial charge in [-0.25, -0.2) is 0 Å². The second-order valence-electron chi connectivity index (χ2n) is 4.79. The van der Waals surface area contributed by atoms with Crippen molar-refractivity contribution in [1.29, 1.82) is 0 Å². The number of hydrogen-bond donors (Lipinski definition) is 0. The van der Waals surface area contributed by atoms with Crippen LogP contribution in [0.2, 0.25) is 0 Å². The molecule has 0 unspecified atom stereocenters. The summed E-state index contributed by atoms with van der Waals surface area (Å²) in [4.78, 5) is -0.982. The number of alkyl halides is 3. The first-order valence-electron chi connectivity index (χ1n) is 7.47. The third-order valence-electron chi connectivity index (χ3n) is 3.05.